The van der Waals surface area contributed by atoms with Crippen molar-refractivity contribution in [1.29, 1.82) is 0 Å². The van der Waals surface area contributed by atoms with E-state index in [1.807, 2.05) is 0 Å². The first-order chi connectivity index (χ1) is 2.89. The Morgan fingerprint density at radius 1 is 2.00 bits per heavy atom. The number of rotatable bonds is 0. The lowest BCUT2D eigenvalue weighted by atomic mass is 11.2. The molecule has 1 heterocycles. The van der Waals surface area contributed by atoms with Gasteiger partial charge >= 0.3 is 0 Å². The smallest absolute Gasteiger partial charge is 0.241 e. The molecule has 0 aromatic heterocycles. The lowest BCUT2D eigenvalue weighted by molar-refractivity contribution is 1.12. The molecule has 2 nitrogen and oxygen atoms in total. The number of hydrogen-bond acceptors (Lipinski definition) is 3. The molecule has 4 heteroatoms. The maximum absolute atomic E-state index is 5.30. The fraction of sp³-hybridized carbons (Fsp3) is 0. The van der Waals surface area contributed by atoms with Gasteiger partial charge in [-0.3, -0.25) is 0 Å². The van der Waals surface area contributed by atoms with Crippen molar-refractivity contribution in [3.8, 4) is 0 Å². The Bertz CT molecular complexity index is 73.9. The van der Waals surface area contributed by atoms with Crippen LogP contribution < -0.4 is 4.72 Å². The summed E-state index contributed by atoms with van der Waals surface area (Å²) in [6, 6.07) is 0. The molecule has 1 radical (unpaired) electrons. The molecule has 33 valence electrons. The van der Waals surface area contributed by atoms with Crippen molar-refractivity contribution in [3.63, 3.8) is 0 Å². The normalized spacial score (nSPS) is 22.8. The number of aliphatic imine (C=N–C) groups is 1. The van der Waals surface area contributed by atoms with Crippen molar-refractivity contribution in [2.24, 2.45) is 4.99 Å². The van der Waals surface area contributed by atoms with Gasteiger partial charge in [-0.1, -0.05) is 11.6 Å². The Balaban J connectivity index is 2.38. The highest BCUT2D eigenvalue weighted by atomic mass is 35.5. The fourth-order valence-electron chi connectivity index (χ4n) is 0.174. The molecule has 0 aliphatic carbocycles. The summed E-state index contributed by atoms with van der Waals surface area (Å²) in [5, 5.41) is 0. The largest absolute Gasteiger partial charge is 0.250 e. The molecule has 0 saturated carbocycles. The molecule has 1 aliphatic rings. The third-order valence-corrected chi connectivity index (χ3v) is 1.19. The van der Waals surface area contributed by atoms with E-state index in [0.717, 1.165) is 0 Å². The summed E-state index contributed by atoms with van der Waals surface area (Å²) in [7, 11) is 0. The molecule has 0 amide bonds. The third kappa shape index (κ3) is 0.864. The van der Waals surface area contributed by atoms with E-state index >= 15 is 0 Å². The van der Waals surface area contributed by atoms with Gasteiger partial charge in [-0.05, 0) is 11.9 Å². The Hall–Kier alpha value is 0.270. The fourth-order valence-corrected chi connectivity index (χ4v) is 0.775. The quantitative estimate of drug-likeness (QED) is 0.381. The molecular formula is C2H2ClN2S. The summed E-state index contributed by atoms with van der Waals surface area (Å²) in [4.78, 5) is 3.65. The average Bonchev–Trinajstić information content (AvgIpc) is 1.86. The molecule has 0 aromatic rings. The van der Waals surface area contributed by atoms with Crippen LogP contribution in [0.15, 0.2) is 4.99 Å². The van der Waals surface area contributed by atoms with Crippen LogP contribution in [0.3, 0.4) is 0 Å². The molecule has 1 N–H and O–H groups in total. The van der Waals surface area contributed by atoms with Crippen LogP contribution in [0.5, 0.6) is 0 Å². The highest BCUT2D eigenvalue weighted by Gasteiger charge is 2.04. The van der Waals surface area contributed by atoms with Crippen LogP contribution in [-0.2, 0) is 0 Å². The van der Waals surface area contributed by atoms with E-state index in [2.05, 4.69) is 9.71 Å². The minimum atomic E-state index is 0.458. The first-order valence-corrected chi connectivity index (χ1v) is 2.62. The van der Waals surface area contributed by atoms with Crippen molar-refractivity contribution in [2.45, 2.75) is 0 Å². The molecule has 0 atom stereocenters. The van der Waals surface area contributed by atoms with E-state index in [1.165, 1.54) is 11.9 Å². The van der Waals surface area contributed by atoms with Crippen LogP contribution in [0, 0.1) is 5.62 Å². The van der Waals surface area contributed by atoms with Crippen LogP contribution in [0.25, 0.3) is 0 Å². The van der Waals surface area contributed by atoms with Crippen molar-refractivity contribution in [2.75, 3.05) is 0 Å². The number of hydrogen-bond donors (Lipinski definition) is 1. The van der Waals surface area contributed by atoms with Gasteiger partial charge in [0, 0.05) is 0 Å². The third-order valence-electron chi connectivity index (χ3n) is 0.362. The van der Waals surface area contributed by atoms with Crippen LogP contribution >= 0.6 is 23.5 Å². The van der Waals surface area contributed by atoms with E-state index < -0.39 is 0 Å². The van der Waals surface area contributed by atoms with Crippen molar-refractivity contribution >= 4 is 29.1 Å². The number of nitrogens with zero attached hydrogens (tertiary/aromatic N) is 1. The van der Waals surface area contributed by atoms with Gasteiger partial charge in [0.2, 0.25) is 0 Å². The van der Waals surface area contributed by atoms with E-state index in [9.17, 15) is 0 Å². The topological polar surface area (TPSA) is 24.4 Å². The molecule has 0 bridgehead atoms. The highest BCUT2D eigenvalue weighted by molar-refractivity contribution is 8.10. The summed E-state index contributed by atoms with van der Waals surface area (Å²) in [6.45, 7) is 0. The second-order valence-electron chi connectivity index (χ2n) is 0.745. The van der Waals surface area contributed by atoms with Gasteiger partial charge in [-0.15, -0.1) is 0 Å². The van der Waals surface area contributed by atoms with Crippen molar-refractivity contribution in [1.82, 2.24) is 4.72 Å². The van der Waals surface area contributed by atoms with Crippen molar-refractivity contribution in [3.05, 3.63) is 5.62 Å². The second kappa shape index (κ2) is 1.82. The molecule has 1 rings (SSSR count). The minimum absolute atomic E-state index is 0.458. The average molecular weight is 122 g/mol. The summed E-state index contributed by atoms with van der Waals surface area (Å²) < 4.78 is 2.70. The van der Waals surface area contributed by atoms with Gasteiger partial charge in [-0.2, -0.15) is 0 Å². The first kappa shape index (κ1) is 4.43. The van der Waals surface area contributed by atoms with Crippen LogP contribution in [-0.4, -0.2) is 5.55 Å². The molecule has 0 saturated heterocycles. The minimum Gasteiger partial charge on any atom is -0.241 e. The summed E-state index contributed by atoms with van der Waals surface area (Å²) in [5.41, 5.74) is 2.10. The first-order valence-electron chi connectivity index (χ1n) is 1.36. The molecule has 6 heavy (non-hydrogen) atoms. The Morgan fingerprint density at radius 3 is 3.00 bits per heavy atom. The van der Waals surface area contributed by atoms with Crippen LogP contribution in [0.1, 0.15) is 0 Å². The standard InChI is InChI=1S/C2H2ClN2S/c3-2-4-1-6-5-2/h1,5H. The molecule has 0 aromatic carbocycles. The van der Waals surface area contributed by atoms with Crippen molar-refractivity contribution < 1.29 is 0 Å². The lowest BCUT2D eigenvalue weighted by Gasteiger charge is -1.85. The summed E-state index contributed by atoms with van der Waals surface area (Å²) in [5.74, 6) is 0. The number of halogens is 1. The Morgan fingerprint density at radius 2 is 2.83 bits per heavy atom. The van der Waals surface area contributed by atoms with E-state index in [1.54, 1.807) is 5.55 Å². The summed E-state index contributed by atoms with van der Waals surface area (Å²) in [6.07, 6.45) is 0. The van der Waals surface area contributed by atoms with Gasteiger partial charge in [0.05, 0.1) is 5.55 Å². The van der Waals surface area contributed by atoms with E-state index in [4.69, 9.17) is 11.6 Å². The van der Waals surface area contributed by atoms with E-state index in [-0.39, 0.29) is 0 Å². The molecule has 0 unspecified atom stereocenters. The zero-order chi connectivity index (χ0) is 4.41. The molecule has 1 aliphatic heterocycles. The Kier molecular flexibility index (Phi) is 1.34. The van der Waals surface area contributed by atoms with Gasteiger partial charge in [-0.25, -0.2) is 9.71 Å². The maximum Gasteiger partial charge on any atom is 0.250 e. The van der Waals surface area contributed by atoms with Gasteiger partial charge in [0.15, 0.2) is 0 Å². The zero-order valence-corrected chi connectivity index (χ0v) is 4.38. The van der Waals surface area contributed by atoms with Gasteiger partial charge in [0.1, 0.15) is 0 Å². The zero-order valence-electron chi connectivity index (χ0n) is 2.81. The predicted octanol–water partition coefficient (Wildman–Crippen LogP) is 0.952. The van der Waals surface area contributed by atoms with Crippen LogP contribution in [0.4, 0.5) is 0 Å². The molecule has 0 fully saturated rings. The van der Waals surface area contributed by atoms with Gasteiger partial charge < -0.3 is 0 Å². The highest BCUT2D eigenvalue weighted by Crippen LogP contribution is 2.13. The summed E-state index contributed by atoms with van der Waals surface area (Å²) >= 11 is 6.67. The second-order valence-corrected chi connectivity index (χ2v) is 1.75. The van der Waals surface area contributed by atoms with Gasteiger partial charge in [0.25, 0.3) is 5.62 Å². The SMILES string of the molecule is Cl[C]1N=CSN1. The molecular weight excluding hydrogens is 120 g/mol. The monoisotopic (exact) mass is 121 g/mol. The lowest BCUT2D eigenvalue weighted by Crippen LogP contribution is -1.95. The van der Waals surface area contributed by atoms with Crippen LogP contribution in [0.2, 0.25) is 0 Å². The van der Waals surface area contributed by atoms with E-state index in [0.29, 0.717) is 5.62 Å². The predicted molar refractivity (Wildman–Crippen MR) is 28.3 cm³/mol. The Labute approximate surface area is 45.1 Å². The molecule has 0 spiro atoms. The number of nitrogens with one attached hydrogen (secondary N) is 1. The maximum atomic E-state index is 5.30.